The van der Waals surface area contributed by atoms with Crippen LogP contribution in [0.5, 0.6) is 0 Å². The van der Waals surface area contributed by atoms with E-state index in [0.717, 1.165) is 32.5 Å². The van der Waals surface area contributed by atoms with Crippen molar-refractivity contribution in [2.45, 2.75) is 72.0 Å². The second-order valence-electron chi connectivity index (χ2n) is 12.1. The Morgan fingerprint density at radius 2 is 0.811 bits per heavy atom. The van der Waals surface area contributed by atoms with E-state index in [0.29, 0.717) is 63.7 Å². The summed E-state index contributed by atoms with van der Waals surface area (Å²) >= 11 is 0. The number of carbonyl (C=O) groups excluding carboxylic acids is 2. The number of rotatable bonds is 20. The van der Waals surface area contributed by atoms with Crippen molar-refractivity contribution in [2.75, 3.05) is 79.3 Å². The first-order valence-corrected chi connectivity index (χ1v) is 13.2. The molecule has 3 saturated carbocycles. The van der Waals surface area contributed by atoms with Gasteiger partial charge in [-0.2, -0.15) is 0 Å². The number of hydrogen-bond donors (Lipinski definition) is 0. The van der Waals surface area contributed by atoms with Crippen molar-refractivity contribution in [3.05, 3.63) is 0 Å². The minimum Gasteiger partial charge on any atom is -0.458 e. The minimum atomic E-state index is -0.500. The van der Waals surface area contributed by atoms with Crippen LogP contribution in [0.2, 0.25) is 0 Å². The molecule has 10 heteroatoms. The van der Waals surface area contributed by atoms with Gasteiger partial charge in [0.1, 0.15) is 24.4 Å². The van der Waals surface area contributed by atoms with E-state index in [9.17, 15) is 9.59 Å². The summed E-state index contributed by atoms with van der Waals surface area (Å²) in [6.07, 6.45) is 3.45. The molecule has 0 unspecified atom stereocenters. The summed E-state index contributed by atoms with van der Waals surface area (Å²) in [6.45, 7) is 16.0. The maximum Gasteiger partial charge on any atom is 0.332 e. The maximum absolute atomic E-state index is 11.5. The molecule has 0 aromatic carbocycles. The maximum atomic E-state index is 11.5. The zero-order valence-electron chi connectivity index (χ0n) is 23.7. The van der Waals surface area contributed by atoms with Crippen LogP contribution in [0, 0.1) is 10.8 Å². The molecule has 0 heterocycles. The van der Waals surface area contributed by atoms with Gasteiger partial charge in [-0.1, -0.05) is 0 Å². The van der Waals surface area contributed by atoms with E-state index in [1.807, 2.05) is 41.5 Å². The van der Waals surface area contributed by atoms with E-state index in [2.05, 4.69) is 0 Å². The van der Waals surface area contributed by atoms with Gasteiger partial charge in [-0.3, -0.25) is 0 Å². The van der Waals surface area contributed by atoms with Gasteiger partial charge in [-0.15, -0.1) is 0 Å². The van der Waals surface area contributed by atoms with Gasteiger partial charge in [-0.05, 0) is 71.6 Å². The fourth-order valence-electron chi connectivity index (χ4n) is 4.84. The average molecular weight is 533 g/mol. The Morgan fingerprint density at radius 1 is 0.514 bits per heavy atom. The summed E-state index contributed by atoms with van der Waals surface area (Å²) in [4.78, 5) is 23.1. The minimum absolute atomic E-state index is 0.0650. The van der Waals surface area contributed by atoms with Crippen LogP contribution in [0.3, 0.4) is 0 Å². The van der Waals surface area contributed by atoms with Crippen LogP contribution in [0.4, 0.5) is 0 Å². The third-order valence-electron chi connectivity index (χ3n) is 5.83. The molecule has 0 aromatic rings. The highest BCUT2D eigenvalue weighted by atomic mass is 16.6. The zero-order chi connectivity index (χ0) is 27.4. The van der Waals surface area contributed by atoms with E-state index in [1.54, 1.807) is 0 Å². The molecule has 0 amide bonds. The van der Waals surface area contributed by atoms with Crippen molar-refractivity contribution in [1.82, 2.24) is 0 Å². The van der Waals surface area contributed by atoms with E-state index in [-0.39, 0.29) is 25.2 Å². The Morgan fingerprint density at radius 3 is 1.14 bits per heavy atom. The van der Waals surface area contributed by atoms with Crippen LogP contribution < -0.4 is 0 Å². The number of carbonyl (C=O) groups is 2. The lowest BCUT2D eigenvalue weighted by molar-refractivity contribution is -0.254. The Labute approximate surface area is 221 Å². The molecule has 2 bridgehead atoms. The van der Waals surface area contributed by atoms with Crippen molar-refractivity contribution in [1.29, 1.82) is 0 Å². The summed E-state index contributed by atoms with van der Waals surface area (Å²) < 4.78 is 43.4. The Bertz CT molecular complexity index is 619. The first kappa shape index (κ1) is 31.9. The van der Waals surface area contributed by atoms with Crippen molar-refractivity contribution in [3.8, 4) is 0 Å². The molecule has 0 aliphatic heterocycles. The molecule has 10 nitrogen and oxygen atoms in total. The van der Waals surface area contributed by atoms with E-state index in [4.69, 9.17) is 37.9 Å². The molecule has 3 rings (SSSR count). The predicted octanol–water partition coefficient (Wildman–Crippen LogP) is 2.94. The molecule has 0 atom stereocenters. The summed E-state index contributed by atoms with van der Waals surface area (Å²) in [6, 6.07) is 0. The second kappa shape index (κ2) is 14.7. The molecule has 3 aliphatic carbocycles. The molecular formula is C27H48O10. The highest BCUT2D eigenvalue weighted by molar-refractivity contribution is 5.71. The summed E-state index contributed by atoms with van der Waals surface area (Å²) in [5, 5.41) is 0. The molecule has 216 valence electrons. The van der Waals surface area contributed by atoms with Gasteiger partial charge in [0.25, 0.3) is 0 Å². The van der Waals surface area contributed by atoms with Gasteiger partial charge in [-0.25, -0.2) is 9.59 Å². The smallest absolute Gasteiger partial charge is 0.332 e. The molecule has 3 fully saturated rings. The standard InChI is InChI=1S/C27H48O10/c1-24(2,3)36-22(28)15-32-11-7-30-9-13-34-20-26-17-27(18-26,19-26)21-35-14-10-31-8-12-33-16-23(29)37-25(4,5)6/h7-21H2,1-6H3. The van der Waals surface area contributed by atoms with Gasteiger partial charge >= 0.3 is 11.9 Å². The molecule has 0 radical (unpaired) electrons. The van der Waals surface area contributed by atoms with E-state index >= 15 is 0 Å². The fraction of sp³-hybridized carbons (Fsp3) is 0.926. The molecular weight excluding hydrogens is 484 g/mol. The van der Waals surface area contributed by atoms with Crippen molar-refractivity contribution in [2.24, 2.45) is 10.8 Å². The Kier molecular flexibility index (Phi) is 12.7. The number of ether oxygens (including phenoxy) is 8. The lowest BCUT2D eigenvalue weighted by Gasteiger charge is -2.70. The summed E-state index contributed by atoms with van der Waals surface area (Å²) in [7, 11) is 0. The predicted molar refractivity (Wildman–Crippen MR) is 135 cm³/mol. The topological polar surface area (TPSA) is 108 Å². The van der Waals surface area contributed by atoms with E-state index < -0.39 is 11.2 Å². The lowest BCUT2D eigenvalue weighted by atomic mass is 9.35. The Balaban J connectivity index is 1.32. The largest absolute Gasteiger partial charge is 0.458 e. The molecule has 37 heavy (non-hydrogen) atoms. The summed E-state index contributed by atoms with van der Waals surface area (Å²) in [5.41, 5.74) is -0.358. The van der Waals surface area contributed by atoms with Crippen LogP contribution in [0.1, 0.15) is 60.8 Å². The highest BCUT2D eigenvalue weighted by Gasteiger charge is 2.67. The van der Waals surface area contributed by atoms with Crippen molar-refractivity contribution < 1.29 is 47.5 Å². The normalized spacial score (nSPS) is 22.8. The van der Waals surface area contributed by atoms with Crippen LogP contribution in [-0.4, -0.2) is 102 Å². The zero-order valence-corrected chi connectivity index (χ0v) is 23.7. The second-order valence-corrected chi connectivity index (χ2v) is 12.1. The van der Waals surface area contributed by atoms with Crippen LogP contribution in [0.25, 0.3) is 0 Å². The van der Waals surface area contributed by atoms with Crippen molar-refractivity contribution in [3.63, 3.8) is 0 Å². The SMILES string of the molecule is CC(C)(C)OC(=O)COCCOCCOCC12CC(COCCOCCOCC(=O)OC(C)(C)C)(C1)C2. The molecule has 0 saturated heterocycles. The fourth-order valence-corrected chi connectivity index (χ4v) is 4.84. The van der Waals surface area contributed by atoms with Gasteiger partial charge in [0.15, 0.2) is 0 Å². The van der Waals surface area contributed by atoms with E-state index in [1.165, 1.54) is 0 Å². The first-order chi connectivity index (χ1) is 17.3. The molecule has 0 spiro atoms. The summed E-state index contributed by atoms with van der Waals surface area (Å²) in [5.74, 6) is -0.741. The first-order valence-electron chi connectivity index (χ1n) is 13.2. The van der Waals surface area contributed by atoms with Gasteiger partial charge in [0.05, 0.1) is 66.1 Å². The molecule has 3 aliphatic rings. The highest BCUT2D eigenvalue weighted by Crippen LogP contribution is 2.73. The average Bonchev–Trinajstić information content (AvgIpc) is 2.70. The lowest BCUT2D eigenvalue weighted by Crippen LogP contribution is -2.65. The Hall–Kier alpha value is -1.30. The monoisotopic (exact) mass is 532 g/mol. The van der Waals surface area contributed by atoms with Gasteiger partial charge in [0.2, 0.25) is 0 Å². The molecule has 0 N–H and O–H groups in total. The number of esters is 2. The third kappa shape index (κ3) is 13.4. The molecule has 0 aromatic heterocycles. The number of hydrogen-bond acceptors (Lipinski definition) is 10. The van der Waals surface area contributed by atoms with Gasteiger partial charge < -0.3 is 37.9 Å². The van der Waals surface area contributed by atoms with Crippen molar-refractivity contribution >= 4 is 11.9 Å². The van der Waals surface area contributed by atoms with Crippen LogP contribution >= 0.6 is 0 Å². The van der Waals surface area contributed by atoms with Crippen LogP contribution in [-0.2, 0) is 47.5 Å². The third-order valence-corrected chi connectivity index (χ3v) is 5.83. The van der Waals surface area contributed by atoms with Gasteiger partial charge in [0, 0.05) is 0 Å². The quantitative estimate of drug-likeness (QED) is 0.172. The van der Waals surface area contributed by atoms with Crippen LogP contribution in [0.15, 0.2) is 0 Å².